The Morgan fingerprint density at radius 2 is 0.938 bits per heavy atom. The number of amides is 4. The van der Waals surface area contributed by atoms with Crippen LogP contribution < -0.4 is 21.3 Å². The molecule has 0 saturated heterocycles. The van der Waals surface area contributed by atoms with Gasteiger partial charge >= 0.3 is 12.1 Å². The average Bonchev–Trinajstić information content (AvgIpc) is 3.70. The van der Waals surface area contributed by atoms with Gasteiger partial charge in [0.1, 0.15) is 33.4 Å². The zero-order valence-electron chi connectivity index (χ0n) is 26.6. The van der Waals surface area contributed by atoms with E-state index in [4.69, 9.17) is 0 Å². The van der Waals surface area contributed by atoms with Crippen LogP contribution in [0.1, 0.15) is 36.8 Å². The van der Waals surface area contributed by atoms with Crippen molar-refractivity contribution in [2.24, 2.45) is 0 Å². The van der Waals surface area contributed by atoms with Crippen LogP contribution in [0.2, 0.25) is 0 Å². The molecule has 0 unspecified atom stereocenters. The number of benzene rings is 4. The zero-order valence-corrected chi connectivity index (χ0v) is 26.6. The molecule has 14 heteroatoms. The molecular weight excluding hydrogens is 612 g/mol. The third-order valence-corrected chi connectivity index (χ3v) is 7.64. The molecule has 2 aromatic heterocycles. The van der Waals surface area contributed by atoms with Gasteiger partial charge in [-0.1, -0.05) is 37.1 Å². The lowest BCUT2D eigenvalue weighted by Crippen LogP contribution is -2.30. The molecular formula is C34H36N10O4. The molecule has 6 N–H and O–H groups in total. The lowest BCUT2D eigenvalue weighted by atomic mass is 10.1. The number of fused-ring (bicyclic) bond motifs is 2. The van der Waals surface area contributed by atoms with Crippen LogP contribution in [0.5, 0.6) is 11.5 Å². The normalized spacial score (nSPS) is 11.1. The molecule has 6 rings (SSSR count). The smallest absolute Gasteiger partial charge is 0.319 e. The van der Waals surface area contributed by atoms with Crippen molar-refractivity contribution in [1.29, 1.82) is 0 Å². The number of nitrogens with one attached hydrogen (secondary N) is 4. The molecule has 0 aliphatic rings. The van der Waals surface area contributed by atoms with Crippen molar-refractivity contribution < 1.29 is 19.8 Å². The summed E-state index contributed by atoms with van der Waals surface area (Å²) in [7, 11) is 0. The van der Waals surface area contributed by atoms with Gasteiger partial charge in [0.15, 0.2) is 11.5 Å². The molecule has 0 spiro atoms. The van der Waals surface area contributed by atoms with E-state index >= 15 is 0 Å². The van der Waals surface area contributed by atoms with E-state index in [1.165, 1.54) is 9.59 Å². The number of unbranched alkanes of at least 4 members (excludes halogenated alkanes) is 3. The van der Waals surface area contributed by atoms with E-state index in [1.807, 2.05) is 62.4 Å². The Hall–Kier alpha value is -6.18. The summed E-state index contributed by atoms with van der Waals surface area (Å²) >= 11 is 0. The quantitative estimate of drug-likeness (QED) is 0.0765. The fraction of sp³-hybridized carbons (Fsp3) is 0.235. The van der Waals surface area contributed by atoms with Crippen molar-refractivity contribution in [1.82, 2.24) is 40.6 Å². The van der Waals surface area contributed by atoms with Gasteiger partial charge in [0, 0.05) is 13.1 Å². The minimum atomic E-state index is -0.432. The standard InChI is InChI=1S/C34H36N10O4/c1-21-17-27(31(45)29(19-21)43-39-23-11-5-6-12-24(23)40-43)37-33(47)35-15-9-3-4-10-16-36-34(48)38-28-18-22(2)20-30(32(28)46)44-41-25-13-7-8-14-26(25)42-44/h5-8,11-14,17-20,45-46H,3-4,9-10,15-16H2,1-2H3,(H2,35,37,47)(H2,36,38,48). The van der Waals surface area contributed by atoms with Crippen LogP contribution in [0.15, 0.2) is 72.8 Å². The molecule has 4 aromatic carbocycles. The highest BCUT2D eigenvalue weighted by molar-refractivity contribution is 5.92. The van der Waals surface area contributed by atoms with Crippen LogP contribution >= 0.6 is 0 Å². The summed E-state index contributed by atoms with van der Waals surface area (Å²) in [5.41, 5.74) is 5.67. The maximum atomic E-state index is 12.6. The van der Waals surface area contributed by atoms with Crippen LogP contribution in [-0.2, 0) is 0 Å². The number of carbonyl (C=O) groups excluding carboxylic acids is 2. The Kier molecular flexibility index (Phi) is 9.32. The largest absolute Gasteiger partial charge is 0.504 e. The fourth-order valence-corrected chi connectivity index (χ4v) is 5.29. The Morgan fingerprint density at radius 3 is 1.29 bits per heavy atom. The number of nitrogens with zero attached hydrogens (tertiary/aromatic N) is 6. The summed E-state index contributed by atoms with van der Waals surface area (Å²) in [6, 6.07) is 20.8. The molecule has 6 aromatic rings. The number of aromatic nitrogens is 6. The molecule has 48 heavy (non-hydrogen) atoms. The van der Waals surface area contributed by atoms with Crippen LogP contribution in [0.3, 0.4) is 0 Å². The number of hydrogen-bond acceptors (Lipinski definition) is 8. The van der Waals surface area contributed by atoms with Crippen molar-refractivity contribution >= 4 is 45.5 Å². The minimum absolute atomic E-state index is 0.130. The number of anilines is 2. The topological polar surface area (TPSA) is 184 Å². The van der Waals surface area contributed by atoms with Crippen LogP contribution in [0, 0.1) is 13.8 Å². The molecule has 0 atom stereocenters. The van der Waals surface area contributed by atoms with Gasteiger partial charge in [0.05, 0.1) is 11.4 Å². The Morgan fingerprint density at radius 1 is 0.583 bits per heavy atom. The number of rotatable bonds is 11. The van der Waals surface area contributed by atoms with Crippen LogP contribution in [0.25, 0.3) is 33.4 Å². The molecule has 0 aliphatic heterocycles. The molecule has 246 valence electrons. The maximum absolute atomic E-state index is 12.6. The van der Waals surface area contributed by atoms with E-state index in [0.717, 1.165) is 36.8 Å². The van der Waals surface area contributed by atoms with Gasteiger partial charge in [0.2, 0.25) is 0 Å². The number of hydrogen-bond donors (Lipinski definition) is 6. The predicted octanol–water partition coefficient (Wildman–Crippen LogP) is 5.69. The Balaban J connectivity index is 0.912. The monoisotopic (exact) mass is 648 g/mol. The SMILES string of the molecule is Cc1cc(NC(=O)NCCCCCCNC(=O)Nc2cc(C)cc(-n3nc4ccccc4n3)c2O)c(O)c(-n2nc3ccccc3n2)c1. The Bertz CT molecular complexity index is 1890. The molecule has 4 amide bonds. The predicted molar refractivity (Wildman–Crippen MR) is 183 cm³/mol. The molecule has 0 aliphatic carbocycles. The summed E-state index contributed by atoms with van der Waals surface area (Å²) in [5.74, 6) is -0.261. The summed E-state index contributed by atoms with van der Waals surface area (Å²) in [6.07, 6.45) is 3.17. The van der Waals surface area contributed by atoms with Gasteiger partial charge in [0.25, 0.3) is 0 Å². The molecule has 0 bridgehead atoms. The first kappa shape index (κ1) is 31.8. The summed E-state index contributed by atoms with van der Waals surface area (Å²) in [6.45, 7) is 4.61. The first-order valence-corrected chi connectivity index (χ1v) is 15.7. The number of aryl methyl sites for hydroxylation is 2. The van der Waals surface area contributed by atoms with Gasteiger partial charge in [-0.25, -0.2) is 9.59 Å². The second kappa shape index (κ2) is 14.1. The molecule has 0 fully saturated rings. The fourth-order valence-electron chi connectivity index (χ4n) is 5.29. The second-order valence-corrected chi connectivity index (χ2v) is 11.5. The second-order valence-electron chi connectivity index (χ2n) is 11.5. The third-order valence-electron chi connectivity index (χ3n) is 7.64. The lowest BCUT2D eigenvalue weighted by Gasteiger charge is -2.13. The first-order chi connectivity index (χ1) is 23.2. The third kappa shape index (κ3) is 7.28. The van der Waals surface area contributed by atoms with Gasteiger partial charge in [-0.05, 0) is 86.3 Å². The van der Waals surface area contributed by atoms with Crippen molar-refractivity contribution in [2.45, 2.75) is 39.5 Å². The summed E-state index contributed by atoms with van der Waals surface area (Å²) in [5, 5.41) is 50.5. The maximum Gasteiger partial charge on any atom is 0.319 e. The van der Waals surface area contributed by atoms with Crippen molar-refractivity contribution in [3.05, 3.63) is 83.9 Å². The van der Waals surface area contributed by atoms with E-state index in [9.17, 15) is 19.8 Å². The zero-order chi connectivity index (χ0) is 33.6. The van der Waals surface area contributed by atoms with Crippen molar-refractivity contribution in [2.75, 3.05) is 23.7 Å². The van der Waals surface area contributed by atoms with Gasteiger partial charge in [-0.2, -0.15) is 0 Å². The van der Waals surface area contributed by atoms with Gasteiger partial charge in [-0.3, -0.25) is 0 Å². The van der Waals surface area contributed by atoms with Crippen molar-refractivity contribution in [3.8, 4) is 22.9 Å². The first-order valence-electron chi connectivity index (χ1n) is 15.7. The minimum Gasteiger partial charge on any atom is -0.504 e. The lowest BCUT2D eigenvalue weighted by molar-refractivity contribution is 0.250. The summed E-state index contributed by atoms with van der Waals surface area (Å²) < 4.78 is 0. The van der Waals surface area contributed by atoms with E-state index in [1.54, 1.807) is 24.3 Å². The number of carbonyl (C=O) groups is 2. The molecule has 0 saturated carbocycles. The number of phenols is 2. The van der Waals surface area contributed by atoms with E-state index < -0.39 is 12.1 Å². The molecule has 2 heterocycles. The Labute approximate surface area is 275 Å². The van der Waals surface area contributed by atoms with E-state index in [2.05, 4.69) is 41.7 Å². The molecule has 0 radical (unpaired) electrons. The highest BCUT2D eigenvalue weighted by Gasteiger charge is 2.17. The van der Waals surface area contributed by atoms with Gasteiger partial charge < -0.3 is 31.5 Å². The van der Waals surface area contributed by atoms with Crippen LogP contribution in [-0.4, -0.2) is 65.4 Å². The van der Waals surface area contributed by atoms with Gasteiger partial charge in [-0.15, -0.1) is 30.0 Å². The summed E-state index contributed by atoms with van der Waals surface area (Å²) in [4.78, 5) is 27.8. The van der Waals surface area contributed by atoms with Crippen molar-refractivity contribution in [3.63, 3.8) is 0 Å². The van der Waals surface area contributed by atoms with E-state index in [0.29, 0.717) is 46.5 Å². The van der Waals surface area contributed by atoms with Crippen LogP contribution in [0.4, 0.5) is 21.0 Å². The number of aromatic hydroxyl groups is 2. The highest BCUT2D eigenvalue weighted by Crippen LogP contribution is 2.33. The average molecular weight is 649 g/mol. The number of phenolic OH excluding ortho intramolecular Hbond substituents is 2. The molecule has 14 nitrogen and oxygen atoms in total. The number of urea groups is 2. The highest BCUT2D eigenvalue weighted by atomic mass is 16.3. The van der Waals surface area contributed by atoms with E-state index in [-0.39, 0.29) is 22.9 Å².